The molecule has 0 bridgehead atoms. The van der Waals surface area contributed by atoms with Gasteiger partial charge >= 0.3 is 18.1 Å². The zero-order valence-corrected chi connectivity index (χ0v) is 16.4. The number of amides is 1. The van der Waals surface area contributed by atoms with Crippen molar-refractivity contribution in [3.05, 3.63) is 47.9 Å². The van der Waals surface area contributed by atoms with Crippen molar-refractivity contribution in [2.24, 2.45) is 5.92 Å². The van der Waals surface area contributed by atoms with Crippen LogP contribution in [0.5, 0.6) is 6.08 Å². The first-order valence-electron chi connectivity index (χ1n) is 9.49. The fourth-order valence-electron chi connectivity index (χ4n) is 3.30. The summed E-state index contributed by atoms with van der Waals surface area (Å²) in [6.45, 7) is 5.53. The van der Waals surface area contributed by atoms with Crippen LogP contribution in [0.4, 0.5) is 4.79 Å². The fourth-order valence-corrected chi connectivity index (χ4v) is 3.30. The lowest BCUT2D eigenvalue weighted by Gasteiger charge is -2.21. The Hall–Kier alpha value is -2.83. The molecule has 2 atom stereocenters. The molecule has 28 heavy (non-hydrogen) atoms. The predicted octanol–water partition coefficient (Wildman–Crippen LogP) is 4.13. The summed E-state index contributed by atoms with van der Waals surface area (Å²) in [6.07, 6.45) is 4.52. The van der Waals surface area contributed by atoms with E-state index in [-0.39, 0.29) is 18.2 Å². The number of carbonyl (C=O) groups is 2. The summed E-state index contributed by atoms with van der Waals surface area (Å²) < 4.78 is 15.7. The second kappa shape index (κ2) is 8.46. The third kappa shape index (κ3) is 5.84. The molecule has 7 nitrogen and oxygen atoms in total. The highest BCUT2D eigenvalue weighted by atomic mass is 16.6. The summed E-state index contributed by atoms with van der Waals surface area (Å²) in [4.78, 5) is 28.2. The van der Waals surface area contributed by atoms with Crippen LogP contribution in [0.2, 0.25) is 0 Å². The molecule has 2 aromatic rings. The van der Waals surface area contributed by atoms with Crippen LogP contribution in [0, 0.1) is 5.92 Å². The number of aromatic nitrogens is 1. The average molecular weight is 386 g/mol. The molecule has 1 amide bonds. The van der Waals surface area contributed by atoms with E-state index in [0.29, 0.717) is 17.9 Å². The SMILES string of the molecule is CC(C)(C)OC(=O)N[C@H]1CC[C@@H](Cc2coc(OC(=O)c3ccccc3)n2)C1. The number of nitrogens with one attached hydrogen (secondary N) is 1. The minimum absolute atomic E-state index is 0.0507. The van der Waals surface area contributed by atoms with Crippen LogP contribution in [0.1, 0.15) is 56.1 Å². The Bertz CT molecular complexity index is 810. The maximum absolute atomic E-state index is 12.0. The van der Waals surface area contributed by atoms with E-state index in [1.165, 1.54) is 6.26 Å². The number of hydrogen-bond donors (Lipinski definition) is 1. The minimum Gasteiger partial charge on any atom is -0.444 e. The molecule has 150 valence electrons. The van der Waals surface area contributed by atoms with Crippen molar-refractivity contribution >= 4 is 12.1 Å². The second-order valence-electron chi connectivity index (χ2n) is 8.09. The van der Waals surface area contributed by atoms with E-state index in [1.807, 2.05) is 26.8 Å². The molecule has 1 saturated carbocycles. The maximum Gasteiger partial charge on any atom is 0.407 e. The van der Waals surface area contributed by atoms with Crippen LogP contribution in [-0.4, -0.2) is 28.7 Å². The third-order valence-corrected chi connectivity index (χ3v) is 4.48. The number of carbonyl (C=O) groups excluding carboxylic acids is 2. The summed E-state index contributed by atoms with van der Waals surface area (Å²) in [6, 6.07) is 8.79. The summed E-state index contributed by atoms with van der Waals surface area (Å²) in [7, 11) is 0. The van der Waals surface area contributed by atoms with Crippen molar-refractivity contribution in [2.45, 2.75) is 58.1 Å². The first-order chi connectivity index (χ1) is 13.3. The zero-order chi connectivity index (χ0) is 20.1. The van der Waals surface area contributed by atoms with Gasteiger partial charge in [0, 0.05) is 6.04 Å². The summed E-state index contributed by atoms with van der Waals surface area (Å²) in [5.74, 6) is -0.126. The number of oxazole rings is 1. The molecule has 1 fully saturated rings. The maximum atomic E-state index is 12.0. The first kappa shape index (κ1) is 19.9. The molecule has 1 aromatic heterocycles. The number of esters is 1. The largest absolute Gasteiger partial charge is 0.444 e. The van der Waals surface area contributed by atoms with Crippen molar-refractivity contribution in [2.75, 3.05) is 0 Å². The van der Waals surface area contributed by atoms with Gasteiger partial charge in [0.05, 0.1) is 11.3 Å². The number of hydrogen-bond acceptors (Lipinski definition) is 6. The highest BCUT2D eigenvalue weighted by Crippen LogP contribution is 2.29. The molecule has 7 heteroatoms. The van der Waals surface area contributed by atoms with Crippen LogP contribution >= 0.6 is 0 Å². The Balaban J connectivity index is 1.47. The molecule has 0 radical (unpaired) electrons. The van der Waals surface area contributed by atoms with Gasteiger partial charge in [0.25, 0.3) is 0 Å². The van der Waals surface area contributed by atoms with Gasteiger partial charge in [-0.1, -0.05) is 18.2 Å². The summed E-state index contributed by atoms with van der Waals surface area (Å²) in [5, 5.41) is 2.93. The molecule has 0 spiro atoms. The standard InChI is InChI=1S/C21H26N2O5/c1-21(2,3)28-19(25)22-16-10-9-14(11-16)12-17-13-26-20(23-17)27-18(24)15-7-5-4-6-8-15/h4-8,13-14,16H,9-12H2,1-3H3,(H,22,25)/t14-,16+/m1/s1. The Morgan fingerprint density at radius 1 is 1.21 bits per heavy atom. The average Bonchev–Trinajstić information content (AvgIpc) is 3.24. The van der Waals surface area contributed by atoms with Crippen molar-refractivity contribution in [3.8, 4) is 6.08 Å². The lowest BCUT2D eigenvalue weighted by Crippen LogP contribution is -2.38. The van der Waals surface area contributed by atoms with Gasteiger partial charge in [0.15, 0.2) is 0 Å². The van der Waals surface area contributed by atoms with Crippen LogP contribution < -0.4 is 10.1 Å². The summed E-state index contributed by atoms with van der Waals surface area (Å²) in [5.41, 5.74) is 0.670. The second-order valence-corrected chi connectivity index (χ2v) is 8.09. The number of rotatable bonds is 5. The smallest absolute Gasteiger partial charge is 0.407 e. The van der Waals surface area contributed by atoms with Crippen LogP contribution in [0.15, 0.2) is 41.0 Å². The topological polar surface area (TPSA) is 90.7 Å². The van der Waals surface area contributed by atoms with Crippen LogP contribution in [-0.2, 0) is 11.2 Å². The Labute approximate surface area is 164 Å². The summed E-state index contributed by atoms with van der Waals surface area (Å²) >= 11 is 0. The number of nitrogens with zero attached hydrogens (tertiary/aromatic N) is 1. The molecule has 0 unspecified atom stereocenters. The molecule has 1 heterocycles. The number of ether oxygens (including phenoxy) is 2. The van der Waals surface area contributed by atoms with E-state index in [4.69, 9.17) is 13.9 Å². The lowest BCUT2D eigenvalue weighted by molar-refractivity contribution is 0.0504. The van der Waals surface area contributed by atoms with Crippen molar-refractivity contribution in [1.29, 1.82) is 0 Å². The molecule has 0 saturated heterocycles. The zero-order valence-electron chi connectivity index (χ0n) is 16.4. The fraction of sp³-hybridized carbons (Fsp3) is 0.476. The number of benzene rings is 1. The lowest BCUT2D eigenvalue weighted by atomic mass is 10.0. The Kier molecular flexibility index (Phi) is 6.02. The highest BCUT2D eigenvalue weighted by molar-refractivity contribution is 5.90. The third-order valence-electron chi connectivity index (χ3n) is 4.48. The van der Waals surface area contributed by atoms with Crippen molar-refractivity contribution < 1.29 is 23.5 Å². The molecule has 1 aliphatic rings. The Morgan fingerprint density at radius 3 is 2.68 bits per heavy atom. The molecule has 0 aliphatic heterocycles. The first-order valence-corrected chi connectivity index (χ1v) is 9.49. The van der Waals surface area contributed by atoms with E-state index in [1.54, 1.807) is 24.3 Å². The van der Waals surface area contributed by atoms with Gasteiger partial charge in [-0.15, -0.1) is 0 Å². The molecular formula is C21H26N2O5. The van der Waals surface area contributed by atoms with Crippen LogP contribution in [0.25, 0.3) is 0 Å². The van der Waals surface area contributed by atoms with E-state index in [9.17, 15) is 9.59 Å². The molecule has 1 N–H and O–H groups in total. The van der Waals surface area contributed by atoms with Gasteiger partial charge in [0.1, 0.15) is 11.9 Å². The number of alkyl carbamates (subject to hydrolysis) is 1. The van der Waals surface area contributed by atoms with Gasteiger partial charge in [-0.2, -0.15) is 4.98 Å². The van der Waals surface area contributed by atoms with E-state index >= 15 is 0 Å². The molecule has 3 rings (SSSR count). The molecular weight excluding hydrogens is 360 g/mol. The van der Waals surface area contributed by atoms with Crippen molar-refractivity contribution in [1.82, 2.24) is 10.3 Å². The van der Waals surface area contributed by atoms with Gasteiger partial charge < -0.3 is 19.2 Å². The Morgan fingerprint density at radius 2 is 1.96 bits per heavy atom. The molecule has 1 aromatic carbocycles. The van der Waals surface area contributed by atoms with E-state index < -0.39 is 11.6 Å². The van der Waals surface area contributed by atoms with Gasteiger partial charge in [-0.25, -0.2) is 9.59 Å². The van der Waals surface area contributed by atoms with Gasteiger partial charge in [-0.05, 0) is 64.5 Å². The van der Waals surface area contributed by atoms with E-state index in [0.717, 1.165) is 25.0 Å². The van der Waals surface area contributed by atoms with Crippen LogP contribution in [0.3, 0.4) is 0 Å². The van der Waals surface area contributed by atoms with Gasteiger partial charge in [0.2, 0.25) is 0 Å². The van der Waals surface area contributed by atoms with Crippen molar-refractivity contribution in [3.63, 3.8) is 0 Å². The highest BCUT2D eigenvalue weighted by Gasteiger charge is 2.28. The monoisotopic (exact) mass is 386 g/mol. The van der Waals surface area contributed by atoms with Gasteiger partial charge in [-0.3, -0.25) is 0 Å². The quantitative estimate of drug-likeness (QED) is 0.777. The van der Waals surface area contributed by atoms with E-state index in [2.05, 4.69) is 10.3 Å². The molecule has 1 aliphatic carbocycles. The minimum atomic E-state index is -0.504. The normalized spacial score (nSPS) is 19.2. The predicted molar refractivity (Wildman–Crippen MR) is 102 cm³/mol.